The van der Waals surface area contributed by atoms with Crippen LogP contribution in [0.15, 0.2) is 29.9 Å². The monoisotopic (exact) mass is 247 g/mol. The summed E-state index contributed by atoms with van der Waals surface area (Å²) in [4.78, 5) is 8.61. The number of thiazole rings is 1. The lowest BCUT2D eigenvalue weighted by molar-refractivity contribution is 0.675. The lowest BCUT2D eigenvalue weighted by Crippen LogP contribution is -2.16. The Morgan fingerprint density at radius 2 is 2.35 bits per heavy atom. The van der Waals surface area contributed by atoms with Crippen molar-refractivity contribution in [2.45, 2.75) is 26.3 Å². The molecule has 0 saturated carbocycles. The molecule has 2 aromatic rings. The Balaban J connectivity index is 1.69. The van der Waals surface area contributed by atoms with E-state index in [0.717, 1.165) is 31.6 Å². The number of pyridine rings is 1. The molecule has 2 aromatic heterocycles. The van der Waals surface area contributed by atoms with Gasteiger partial charge in [0.05, 0.1) is 10.7 Å². The van der Waals surface area contributed by atoms with E-state index in [2.05, 4.69) is 33.7 Å². The van der Waals surface area contributed by atoms with Gasteiger partial charge in [0.15, 0.2) is 0 Å². The Bertz CT molecular complexity index is 439. The van der Waals surface area contributed by atoms with Crippen LogP contribution >= 0.6 is 11.3 Å². The summed E-state index contributed by atoms with van der Waals surface area (Å²) in [7, 11) is 0. The van der Waals surface area contributed by atoms with Crippen molar-refractivity contribution in [2.75, 3.05) is 6.54 Å². The second-order valence-electron chi connectivity index (χ2n) is 3.87. The maximum absolute atomic E-state index is 4.52. The minimum absolute atomic E-state index is 0.858. The van der Waals surface area contributed by atoms with Gasteiger partial charge in [-0.2, -0.15) is 0 Å². The van der Waals surface area contributed by atoms with Gasteiger partial charge in [0.1, 0.15) is 0 Å². The molecule has 4 heteroatoms. The van der Waals surface area contributed by atoms with E-state index in [4.69, 9.17) is 0 Å². The van der Waals surface area contributed by atoms with Gasteiger partial charge in [-0.25, -0.2) is 4.98 Å². The third-order valence-corrected chi connectivity index (χ3v) is 3.56. The predicted octanol–water partition coefficient (Wildman–Crippen LogP) is 2.43. The Hall–Kier alpha value is -1.26. The maximum Gasteiger partial charge on any atom is 0.0926 e. The van der Waals surface area contributed by atoms with Crippen LogP contribution in [0.5, 0.6) is 0 Å². The van der Waals surface area contributed by atoms with E-state index in [0.29, 0.717) is 0 Å². The average molecular weight is 247 g/mol. The zero-order chi connectivity index (χ0) is 11.9. The number of aryl methyl sites for hydroxylation is 1. The molecule has 0 radical (unpaired) electrons. The van der Waals surface area contributed by atoms with Crippen molar-refractivity contribution < 1.29 is 0 Å². The second-order valence-corrected chi connectivity index (χ2v) is 4.82. The summed E-state index contributed by atoms with van der Waals surface area (Å²) >= 11 is 1.74. The summed E-state index contributed by atoms with van der Waals surface area (Å²) in [5, 5.41) is 6.76. The Morgan fingerprint density at radius 3 is 3.06 bits per heavy atom. The molecule has 2 rings (SSSR count). The van der Waals surface area contributed by atoms with Gasteiger partial charge >= 0.3 is 0 Å². The topological polar surface area (TPSA) is 37.8 Å². The van der Waals surface area contributed by atoms with E-state index in [-0.39, 0.29) is 0 Å². The van der Waals surface area contributed by atoms with Crippen LogP contribution in [-0.4, -0.2) is 16.5 Å². The molecule has 17 heavy (non-hydrogen) atoms. The highest BCUT2D eigenvalue weighted by Gasteiger charge is 1.99. The number of nitrogens with one attached hydrogen (secondary N) is 1. The van der Waals surface area contributed by atoms with Crippen molar-refractivity contribution >= 4 is 11.3 Å². The fourth-order valence-corrected chi connectivity index (χ4v) is 2.33. The minimum Gasteiger partial charge on any atom is -0.311 e. The van der Waals surface area contributed by atoms with Crippen LogP contribution in [0.2, 0.25) is 0 Å². The molecule has 0 amide bonds. The van der Waals surface area contributed by atoms with Gasteiger partial charge in [-0.05, 0) is 31.0 Å². The highest BCUT2D eigenvalue weighted by molar-refractivity contribution is 7.09. The van der Waals surface area contributed by atoms with Crippen molar-refractivity contribution in [1.29, 1.82) is 0 Å². The fraction of sp³-hybridized carbons (Fsp3) is 0.385. The van der Waals surface area contributed by atoms with Crippen LogP contribution in [0.1, 0.15) is 23.2 Å². The summed E-state index contributed by atoms with van der Waals surface area (Å²) in [5.41, 5.74) is 2.42. The minimum atomic E-state index is 0.858. The molecule has 0 aliphatic rings. The van der Waals surface area contributed by atoms with Crippen molar-refractivity contribution in [3.8, 4) is 0 Å². The van der Waals surface area contributed by atoms with Crippen molar-refractivity contribution in [1.82, 2.24) is 15.3 Å². The van der Waals surface area contributed by atoms with E-state index < -0.39 is 0 Å². The highest BCUT2D eigenvalue weighted by atomic mass is 32.1. The molecule has 0 atom stereocenters. The predicted molar refractivity (Wildman–Crippen MR) is 71.1 cm³/mol. The number of hydrogen-bond acceptors (Lipinski definition) is 4. The largest absolute Gasteiger partial charge is 0.311 e. The summed E-state index contributed by atoms with van der Waals surface area (Å²) < 4.78 is 0. The SMILES string of the molecule is CCc1nc(CNCCc2cccnc2)cs1. The third kappa shape index (κ3) is 3.91. The molecular formula is C13H17N3S. The number of aromatic nitrogens is 2. The summed E-state index contributed by atoms with van der Waals surface area (Å²) in [5.74, 6) is 0. The zero-order valence-electron chi connectivity index (χ0n) is 10.0. The van der Waals surface area contributed by atoms with Crippen LogP contribution < -0.4 is 5.32 Å². The van der Waals surface area contributed by atoms with Crippen molar-refractivity contribution in [3.63, 3.8) is 0 Å². The Morgan fingerprint density at radius 1 is 1.41 bits per heavy atom. The summed E-state index contributed by atoms with van der Waals surface area (Å²) in [6, 6.07) is 4.08. The van der Waals surface area contributed by atoms with Gasteiger partial charge < -0.3 is 5.32 Å². The third-order valence-electron chi connectivity index (χ3n) is 2.52. The van der Waals surface area contributed by atoms with E-state index in [1.54, 1.807) is 17.5 Å². The van der Waals surface area contributed by atoms with E-state index in [1.807, 2.05) is 12.3 Å². The molecule has 0 saturated heterocycles. The molecule has 0 spiro atoms. The molecule has 0 unspecified atom stereocenters. The number of hydrogen-bond donors (Lipinski definition) is 1. The fourth-order valence-electron chi connectivity index (χ4n) is 1.59. The molecule has 0 fully saturated rings. The molecule has 0 aliphatic carbocycles. The van der Waals surface area contributed by atoms with E-state index in [1.165, 1.54) is 10.6 Å². The Labute approximate surface area is 106 Å². The highest BCUT2D eigenvalue weighted by Crippen LogP contribution is 2.09. The van der Waals surface area contributed by atoms with E-state index in [9.17, 15) is 0 Å². The molecule has 3 nitrogen and oxygen atoms in total. The molecule has 0 aliphatic heterocycles. The average Bonchev–Trinajstić information content (AvgIpc) is 2.84. The molecular weight excluding hydrogens is 230 g/mol. The van der Waals surface area contributed by atoms with E-state index >= 15 is 0 Å². The van der Waals surface area contributed by atoms with Gasteiger partial charge in [0.25, 0.3) is 0 Å². The van der Waals surface area contributed by atoms with Gasteiger partial charge in [-0.15, -0.1) is 11.3 Å². The first-order valence-electron chi connectivity index (χ1n) is 5.91. The molecule has 0 bridgehead atoms. The molecule has 90 valence electrons. The van der Waals surface area contributed by atoms with Crippen molar-refractivity contribution in [2.24, 2.45) is 0 Å². The molecule has 0 aromatic carbocycles. The van der Waals surface area contributed by atoms with Gasteiger partial charge in [-0.3, -0.25) is 4.98 Å². The Kier molecular flexibility index (Phi) is 4.64. The van der Waals surface area contributed by atoms with Crippen LogP contribution in [0, 0.1) is 0 Å². The standard InChI is InChI=1S/C13H17N3S/c1-2-13-16-12(10-17-13)9-15-7-5-11-4-3-6-14-8-11/h3-4,6,8,10,15H,2,5,7,9H2,1H3. The molecule has 2 heterocycles. The normalized spacial score (nSPS) is 10.6. The zero-order valence-corrected chi connectivity index (χ0v) is 10.8. The van der Waals surface area contributed by atoms with Gasteiger partial charge in [0.2, 0.25) is 0 Å². The van der Waals surface area contributed by atoms with Crippen LogP contribution in [0.3, 0.4) is 0 Å². The van der Waals surface area contributed by atoms with Crippen molar-refractivity contribution in [3.05, 3.63) is 46.2 Å². The summed E-state index contributed by atoms with van der Waals surface area (Å²) in [6.45, 7) is 3.96. The quantitative estimate of drug-likeness (QED) is 0.797. The van der Waals surface area contributed by atoms with Crippen LogP contribution in [0.4, 0.5) is 0 Å². The van der Waals surface area contributed by atoms with Crippen LogP contribution in [0.25, 0.3) is 0 Å². The maximum atomic E-state index is 4.52. The molecule has 1 N–H and O–H groups in total. The lowest BCUT2D eigenvalue weighted by Gasteiger charge is -2.02. The summed E-state index contributed by atoms with van der Waals surface area (Å²) in [6.07, 6.45) is 5.76. The van der Waals surface area contributed by atoms with Gasteiger partial charge in [-0.1, -0.05) is 13.0 Å². The first-order chi connectivity index (χ1) is 8.38. The number of nitrogens with zero attached hydrogens (tertiary/aromatic N) is 2. The van der Waals surface area contributed by atoms with Gasteiger partial charge in [0, 0.05) is 24.3 Å². The first kappa shape index (κ1) is 12.2. The second kappa shape index (κ2) is 6.47. The first-order valence-corrected chi connectivity index (χ1v) is 6.79. The smallest absolute Gasteiger partial charge is 0.0926 e. The lowest BCUT2D eigenvalue weighted by atomic mass is 10.2. The number of rotatable bonds is 6. The van der Waals surface area contributed by atoms with Crippen LogP contribution in [-0.2, 0) is 19.4 Å².